The average Bonchev–Trinajstić information content (AvgIpc) is 2.51. The number of phenols is 2. The third kappa shape index (κ3) is 2.95. The van der Waals surface area contributed by atoms with Crippen molar-refractivity contribution in [1.82, 2.24) is 4.98 Å². The number of anilines is 2. The zero-order valence-corrected chi connectivity index (χ0v) is 13.3. The molecule has 2 aromatic carbocycles. The molecule has 0 bridgehead atoms. The van der Waals surface area contributed by atoms with Crippen LogP contribution in [0.3, 0.4) is 0 Å². The highest BCUT2D eigenvalue weighted by molar-refractivity contribution is 7.90. The highest BCUT2D eigenvalue weighted by Gasteiger charge is 2.13. The fraction of sp³-hybridized carbons (Fsp3) is 0.0625. The lowest BCUT2D eigenvalue weighted by Crippen LogP contribution is -1.98. The first-order valence-electron chi connectivity index (χ1n) is 6.83. The number of sulfone groups is 1. The Bertz CT molecular complexity index is 1050. The molecule has 1 heterocycles. The number of phenolic OH excluding ortho intramolecular Hbond substituents is 2. The summed E-state index contributed by atoms with van der Waals surface area (Å²) in [4.78, 5) is 4.28. The van der Waals surface area contributed by atoms with Crippen LogP contribution in [0.2, 0.25) is 0 Å². The van der Waals surface area contributed by atoms with Crippen LogP contribution in [-0.2, 0) is 9.84 Å². The predicted octanol–water partition coefficient (Wildman–Crippen LogP) is 2.93. The maximum atomic E-state index is 13.2. The zero-order valence-electron chi connectivity index (χ0n) is 12.5. The number of halogens is 1. The van der Waals surface area contributed by atoms with Crippen LogP contribution in [0.15, 0.2) is 47.5 Å². The Hall–Kier alpha value is -2.87. The molecule has 0 radical (unpaired) electrons. The van der Waals surface area contributed by atoms with Crippen LogP contribution in [0.5, 0.6) is 11.5 Å². The van der Waals surface area contributed by atoms with E-state index in [0.717, 1.165) is 18.4 Å². The highest BCUT2D eigenvalue weighted by Crippen LogP contribution is 2.34. The number of pyridine rings is 1. The number of rotatable bonds is 3. The van der Waals surface area contributed by atoms with Gasteiger partial charge in [-0.3, -0.25) is 4.98 Å². The molecule has 0 saturated heterocycles. The largest absolute Gasteiger partial charge is 0.506 e. The third-order valence-electron chi connectivity index (χ3n) is 3.48. The predicted molar refractivity (Wildman–Crippen MR) is 87.9 cm³/mol. The summed E-state index contributed by atoms with van der Waals surface area (Å²) in [7, 11) is -3.40. The zero-order chi connectivity index (χ0) is 17.5. The van der Waals surface area contributed by atoms with Gasteiger partial charge in [0.1, 0.15) is 5.75 Å². The molecule has 6 nitrogen and oxygen atoms in total. The molecule has 0 aliphatic heterocycles. The lowest BCUT2D eigenvalue weighted by atomic mass is 10.1. The van der Waals surface area contributed by atoms with E-state index in [2.05, 4.69) is 10.3 Å². The lowest BCUT2D eigenvalue weighted by Gasteiger charge is -2.12. The number of hydrogen-bond acceptors (Lipinski definition) is 6. The minimum atomic E-state index is -3.40. The van der Waals surface area contributed by atoms with Crippen LogP contribution in [0.4, 0.5) is 15.8 Å². The average molecular weight is 348 g/mol. The van der Waals surface area contributed by atoms with Gasteiger partial charge in [0.15, 0.2) is 21.4 Å². The van der Waals surface area contributed by atoms with E-state index in [9.17, 15) is 23.0 Å². The van der Waals surface area contributed by atoms with E-state index in [1.54, 1.807) is 12.1 Å². The number of benzene rings is 2. The molecule has 24 heavy (non-hydrogen) atoms. The van der Waals surface area contributed by atoms with Crippen molar-refractivity contribution in [1.29, 1.82) is 0 Å². The molecule has 3 aromatic rings. The number of hydrogen-bond donors (Lipinski definition) is 3. The summed E-state index contributed by atoms with van der Waals surface area (Å²) < 4.78 is 36.7. The number of nitrogens with one attached hydrogen (secondary N) is 1. The van der Waals surface area contributed by atoms with E-state index >= 15 is 0 Å². The van der Waals surface area contributed by atoms with E-state index in [1.807, 2.05) is 0 Å². The third-order valence-corrected chi connectivity index (χ3v) is 4.59. The highest BCUT2D eigenvalue weighted by atomic mass is 32.2. The minimum Gasteiger partial charge on any atom is -0.506 e. The van der Waals surface area contributed by atoms with Crippen LogP contribution in [-0.4, -0.2) is 29.9 Å². The smallest absolute Gasteiger partial charge is 0.175 e. The van der Waals surface area contributed by atoms with Gasteiger partial charge in [0.25, 0.3) is 0 Å². The quantitative estimate of drug-likeness (QED) is 0.497. The first-order chi connectivity index (χ1) is 11.3. The van der Waals surface area contributed by atoms with Crippen molar-refractivity contribution in [2.24, 2.45) is 0 Å². The second-order valence-electron chi connectivity index (χ2n) is 5.26. The molecule has 1 aromatic heterocycles. The monoisotopic (exact) mass is 348 g/mol. The maximum Gasteiger partial charge on any atom is 0.175 e. The lowest BCUT2D eigenvalue weighted by molar-refractivity contribution is 0.422. The normalized spacial score (nSPS) is 11.6. The van der Waals surface area contributed by atoms with Gasteiger partial charge in [-0.2, -0.15) is 0 Å². The van der Waals surface area contributed by atoms with Crippen molar-refractivity contribution in [3.05, 3.63) is 48.4 Å². The molecule has 0 aliphatic rings. The van der Waals surface area contributed by atoms with Gasteiger partial charge < -0.3 is 15.5 Å². The van der Waals surface area contributed by atoms with Crippen molar-refractivity contribution in [2.75, 3.05) is 11.6 Å². The number of aromatic nitrogens is 1. The van der Waals surface area contributed by atoms with Gasteiger partial charge in [0, 0.05) is 35.7 Å². The van der Waals surface area contributed by atoms with Gasteiger partial charge in [0.2, 0.25) is 0 Å². The molecule has 124 valence electrons. The van der Waals surface area contributed by atoms with Crippen molar-refractivity contribution in [3.63, 3.8) is 0 Å². The summed E-state index contributed by atoms with van der Waals surface area (Å²) in [5.41, 5.74) is 1.07. The Morgan fingerprint density at radius 2 is 1.79 bits per heavy atom. The van der Waals surface area contributed by atoms with Gasteiger partial charge in [-0.05, 0) is 24.3 Å². The molecule has 0 atom stereocenters. The standard InChI is InChI=1S/C16H13FN2O4S/c1-24(22,23)9-2-3-12-10(6-9)13(4-5-18-12)19-14-8-15(20)11(17)7-16(14)21/h2-8,20-21H,1H3,(H,18,19). The molecule has 3 rings (SSSR count). The SMILES string of the molecule is CS(=O)(=O)c1ccc2nccc(Nc3cc(O)c(F)cc3O)c2c1. The molecule has 3 N–H and O–H groups in total. The summed E-state index contributed by atoms with van der Waals surface area (Å²) in [6, 6.07) is 7.88. The van der Waals surface area contributed by atoms with E-state index in [4.69, 9.17) is 0 Å². The Balaban J connectivity index is 2.14. The minimum absolute atomic E-state index is 0.0751. The molecular weight excluding hydrogens is 335 g/mol. The Labute approximate surface area is 137 Å². The molecular formula is C16H13FN2O4S. The fourth-order valence-corrected chi connectivity index (χ4v) is 2.91. The van der Waals surface area contributed by atoms with Gasteiger partial charge in [-0.25, -0.2) is 12.8 Å². The Morgan fingerprint density at radius 1 is 1.04 bits per heavy atom. The number of nitrogens with zero attached hydrogens (tertiary/aromatic N) is 1. The summed E-state index contributed by atoms with van der Waals surface area (Å²) in [6.07, 6.45) is 2.60. The molecule has 0 amide bonds. The van der Waals surface area contributed by atoms with Crippen molar-refractivity contribution in [2.45, 2.75) is 4.90 Å². The van der Waals surface area contributed by atoms with Crippen molar-refractivity contribution in [3.8, 4) is 11.5 Å². The van der Waals surface area contributed by atoms with E-state index in [-0.39, 0.29) is 10.6 Å². The first-order valence-corrected chi connectivity index (χ1v) is 8.72. The fourth-order valence-electron chi connectivity index (χ4n) is 2.26. The van der Waals surface area contributed by atoms with Gasteiger partial charge in [-0.1, -0.05) is 0 Å². The number of fused-ring (bicyclic) bond motifs is 1. The van der Waals surface area contributed by atoms with Gasteiger partial charge in [0.05, 0.1) is 16.1 Å². The summed E-state index contributed by atoms with van der Waals surface area (Å²) in [5, 5.41) is 22.6. The molecule has 8 heteroatoms. The summed E-state index contributed by atoms with van der Waals surface area (Å²) >= 11 is 0. The Kier molecular flexibility index (Phi) is 3.76. The van der Waals surface area contributed by atoms with Gasteiger partial charge >= 0.3 is 0 Å². The topological polar surface area (TPSA) is 99.5 Å². The second kappa shape index (κ2) is 5.64. The summed E-state index contributed by atoms with van der Waals surface area (Å²) in [5.74, 6) is -1.96. The van der Waals surface area contributed by atoms with Crippen LogP contribution in [0, 0.1) is 5.82 Å². The number of aromatic hydroxyl groups is 2. The molecule has 0 unspecified atom stereocenters. The van der Waals surface area contributed by atoms with Crippen LogP contribution < -0.4 is 5.32 Å². The van der Waals surface area contributed by atoms with Crippen LogP contribution in [0.1, 0.15) is 0 Å². The van der Waals surface area contributed by atoms with Crippen LogP contribution >= 0.6 is 0 Å². The maximum absolute atomic E-state index is 13.2. The van der Waals surface area contributed by atoms with Crippen molar-refractivity contribution < 1.29 is 23.0 Å². The van der Waals surface area contributed by atoms with Crippen molar-refractivity contribution >= 4 is 32.1 Å². The Morgan fingerprint density at radius 3 is 2.50 bits per heavy atom. The molecule has 0 spiro atoms. The molecule has 0 aliphatic carbocycles. The van der Waals surface area contributed by atoms with E-state index in [0.29, 0.717) is 16.6 Å². The van der Waals surface area contributed by atoms with E-state index < -0.39 is 27.2 Å². The second-order valence-corrected chi connectivity index (χ2v) is 7.27. The first kappa shape index (κ1) is 16.0. The molecule has 0 saturated carbocycles. The molecule has 0 fully saturated rings. The van der Waals surface area contributed by atoms with Gasteiger partial charge in [-0.15, -0.1) is 0 Å². The summed E-state index contributed by atoms with van der Waals surface area (Å²) in [6.45, 7) is 0. The van der Waals surface area contributed by atoms with Crippen LogP contribution in [0.25, 0.3) is 10.9 Å². The van der Waals surface area contributed by atoms with E-state index in [1.165, 1.54) is 18.3 Å².